The molecule has 2 aromatic rings. The lowest BCUT2D eigenvalue weighted by Gasteiger charge is -2.33. The number of nitrogens with one attached hydrogen (secondary N) is 1. The van der Waals surface area contributed by atoms with Gasteiger partial charge in [-0.05, 0) is 37.3 Å². The second kappa shape index (κ2) is 11.0. The van der Waals surface area contributed by atoms with E-state index in [2.05, 4.69) is 10.5 Å². The predicted molar refractivity (Wildman–Crippen MR) is 125 cm³/mol. The second-order valence-corrected chi connectivity index (χ2v) is 9.35. The van der Waals surface area contributed by atoms with E-state index >= 15 is 0 Å². The molecule has 1 fully saturated rings. The van der Waals surface area contributed by atoms with E-state index in [0.717, 1.165) is 16.9 Å². The van der Waals surface area contributed by atoms with Gasteiger partial charge in [-0.2, -0.15) is 9.41 Å². The number of hydrazone groups is 1. The molecule has 2 aromatic carbocycles. The van der Waals surface area contributed by atoms with Crippen LogP contribution in [0.2, 0.25) is 0 Å². The van der Waals surface area contributed by atoms with E-state index in [9.17, 15) is 13.2 Å². The lowest BCUT2D eigenvalue weighted by molar-refractivity contribution is -0.122. The number of hydrogen-bond acceptors (Lipinski definition) is 6. The van der Waals surface area contributed by atoms with Gasteiger partial charge >= 0.3 is 0 Å². The highest BCUT2D eigenvalue weighted by Gasteiger charge is 2.28. The molecule has 170 valence electrons. The van der Waals surface area contributed by atoms with E-state index in [-0.39, 0.29) is 12.5 Å². The van der Waals surface area contributed by atoms with E-state index < -0.39 is 10.0 Å². The van der Waals surface area contributed by atoms with Crippen molar-refractivity contribution < 1.29 is 17.9 Å². The summed E-state index contributed by atoms with van der Waals surface area (Å²) in [4.78, 5) is 14.3. The monoisotopic (exact) mass is 456 g/mol. The van der Waals surface area contributed by atoms with Crippen LogP contribution >= 0.6 is 0 Å². The molecule has 1 aliphatic heterocycles. The summed E-state index contributed by atoms with van der Waals surface area (Å²) in [5, 5.41) is 3.92. The highest BCUT2D eigenvalue weighted by molar-refractivity contribution is 7.89. The fourth-order valence-electron chi connectivity index (χ4n) is 3.33. The molecule has 8 nitrogen and oxygen atoms in total. The minimum Gasteiger partial charge on any atom is -0.496 e. The van der Waals surface area contributed by atoms with Gasteiger partial charge in [-0.25, -0.2) is 13.8 Å². The molecule has 0 radical (unpaired) electrons. The Kier molecular flexibility index (Phi) is 8.15. The minimum absolute atomic E-state index is 0.159. The Morgan fingerprint density at radius 1 is 1.09 bits per heavy atom. The van der Waals surface area contributed by atoms with Gasteiger partial charge in [-0.3, -0.25) is 9.69 Å². The maximum absolute atomic E-state index is 12.8. The van der Waals surface area contributed by atoms with Gasteiger partial charge in [-0.1, -0.05) is 35.9 Å². The van der Waals surface area contributed by atoms with Crippen LogP contribution < -0.4 is 10.2 Å². The van der Waals surface area contributed by atoms with E-state index in [0.29, 0.717) is 31.1 Å². The van der Waals surface area contributed by atoms with Crippen molar-refractivity contribution in [3.8, 4) is 5.75 Å². The zero-order valence-electron chi connectivity index (χ0n) is 18.3. The van der Waals surface area contributed by atoms with E-state index in [4.69, 9.17) is 4.74 Å². The molecule has 1 saturated heterocycles. The van der Waals surface area contributed by atoms with Crippen LogP contribution in [0.5, 0.6) is 5.75 Å². The molecule has 1 N–H and O–H groups in total. The van der Waals surface area contributed by atoms with Crippen molar-refractivity contribution in [3.63, 3.8) is 0 Å². The van der Waals surface area contributed by atoms with Crippen LogP contribution in [0.4, 0.5) is 0 Å². The zero-order valence-corrected chi connectivity index (χ0v) is 19.1. The molecule has 9 heteroatoms. The number of para-hydroxylation sites is 1. The topological polar surface area (TPSA) is 91.3 Å². The number of hydrogen-bond donors (Lipinski definition) is 1. The number of rotatable bonds is 8. The van der Waals surface area contributed by atoms with Gasteiger partial charge in [0.2, 0.25) is 10.0 Å². The summed E-state index contributed by atoms with van der Waals surface area (Å²) in [6.45, 7) is 3.72. The van der Waals surface area contributed by atoms with Gasteiger partial charge in [0.25, 0.3) is 5.91 Å². The standard InChI is InChI=1S/C23H28N4O4S/c1-19-9-11-21(12-10-19)32(29,30)27-16-14-26(15-17-27)18-23(28)25-24-13-5-7-20-6-3-4-8-22(20)31-2/h3-13H,14-18H2,1-2H3,(H,25,28)/b7-5+,24-13+. The number of allylic oxidation sites excluding steroid dienone is 1. The van der Waals surface area contributed by atoms with Gasteiger partial charge in [0.1, 0.15) is 5.75 Å². The number of amides is 1. The lowest BCUT2D eigenvalue weighted by Crippen LogP contribution is -2.50. The van der Waals surface area contributed by atoms with E-state index in [1.165, 1.54) is 10.5 Å². The quantitative estimate of drug-likeness (QED) is 0.485. The van der Waals surface area contributed by atoms with Crippen molar-refractivity contribution in [2.75, 3.05) is 39.8 Å². The molecule has 0 spiro atoms. The van der Waals surface area contributed by atoms with Gasteiger partial charge in [0.05, 0.1) is 18.6 Å². The molecule has 0 aromatic heterocycles. The third-order valence-electron chi connectivity index (χ3n) is 5.12. The van der Waals surface area contributed by atoms with Crippen LogP contribution in [0.15, 0.2) is 64.6 Å². The number of carbonyl (C=O) groups is 1. The fraction of sp³-hybridized carbons (Fsp3) is 0.304. The number of methoxy groups -OCH3 is 1. The molecule has 3 rings (SSSR count). The highest BCUT2D eigenvalue weighted by atomic mass is 32.2. The first-order valence-corrected chi connectivity index (χ1v) is 11.7. The minimum atomic E-state index is -3.51. The van der Waals surface area contributed by atoms with Crippen molar-refractivity contribution >= 4 is 28.2 Å². The third kappa shape index (κ3) is 6.25. The van der Waals surface area contributed by atoms with Crippen molar-refractivity contribution in [1.29, 1.82) is 0 Å². The summed E-state index contributed by atoms with van der Waals surface area (Å²) in [5.41, 5.74) is 4.41. The van der Waals surface area contributed by atoms with Crippen LogP contribution in [0, 0.1) is 6.92 Å². The first kappa shape index (κ1) is 23.6. The average molecular weight is 457 g/mol. The summed E-state index contributed by atoms with van der Waals surface area (Å²) in [7, 11) is -1.90. The number of aryl methyl sites for hydroxylation is 1. The summed E-state index contributed by atoms with van der Waals surface area (Å²) in [5.74, 6) is 0.506. The Bertz CT molecular complexity index is 1070. The smallest absolute Gasteiger partial charge is 0.254 e. The first-order chi connectivity index (χ1) is 15.4. The van der Waals surface area contributed by atoms with Crippen LogP contribution in [0.3, 0.4) is 0 Å². The second-order valence-electron chi connectivity index (χ2n) is 7.41. The van der Waals surface area contributed by atoms with Crippen molar-refractivity contribution in [1.82, 2.24) is 14.6 Å². The summed E-state index contributed by atoms with van der Waals surface area (Å²) in [6.07, 6.45) is 5.05. The molecule has 32 heavy (non-hydrogen) atoms. The van der Waals surface area contributed by atoms with E-state index in [1.54, 1.807) is 37.5 Å². The number of piperazine rings is 1. The number of ether oxygens (including phenoxy) is 1. The first-order valence-electron chi connectivity index (χ1n) is 10.3. The third-order valence-corrected chi connectivity index (χ3v) is 7.03. The van der Waals surface area contributed by atoms with Gasteiger partial charge in [0.15, 0.2) is 0 Å². The Balaban J connectivity index is 1.44. The maximum atomic E-state index is 12.8. The molecular formula is C23H28N4O4S. The SMILES string of the molecule is COc1ccccc1/C=C/C=N/NC(=O)CN1CCN(S(=O)(=O)c2ccc(C)cc2)CC1. The summed E-state index contributed by atoms with van der Waals surface area (Å²) in [6, 6.07) is 14.4. The number of carbonyl (C=O) groups excluding carboxylic acids is 1. The molecular weight excluding hydrogens is 428 g/mol. The summed E-state index contributed by atoms with van der Waals surface area (Å²) >= 11 is 0. The van der Waals surface area contributed by atoms with E-state index in [1.807, 2.05) is 42.2 Å². The number of nitrogens with zero attached hydrogens (tertiary/aromatic N) is 3. The zero-order chi connectivity index (χ0) is 23.0. The highest BCUT2D eigenvalue weighted by Crippen LogP contribution is 2.19. The maximum Gasteiger partial charge on any atom is 0.254 e. The Morgan fingerprint density at radius 3 is 2.47 bits per heavy atom. The molecule has 1 heterocycles. The molecule has 1 aliphatic rings. The largest absolute Gasteiger partial charge is 0.496 e. The van der Waals surface area contributed by atoms with Gasteiger partial charge in [0, 0.05) is 38.0 Å². The van der Waals surface area contributed by atoms with Gasteiger partial charge in [-0.15, -0.1) is 0 Å². The number of benzene rings is 2. The van der Waals surface area contributed by atoms with Crippen LogP contribution in [-0.4, -0.2) is 69.6 Å². The molecule has 0 saturated carbocycles. The van der Waals surface area contributed by atoms with Crippen molar-refractivity contribution in [3.05, 3.63) is 65.7 Å². The lowest BCUT2D eigenvalue weighted by atomic mass is 10.2. The average Bonchev–Trinajstić information content (AvgIpc) is 2.80. The van der Waals surface area contributed by atoms with Crippen LogP contribution in [0.25, 0.3) is 6.08 Å². The molecule has 0 unspecified atom stereocenters. The Morgan fingerprint density at radius 2 is 1.78 bits per heavy atom. The van der Waals surface area contributed by atoms with Crippen molar-refractivity contribution in [2.45, 2.75) is 11.8 Å². The van der Waals surface area contributed by atoms with Crippen LogP contribution in [0.1, 0.15) is 11.1 Å². The molecule has 0 bridgehead atoms. The number of sulfonamides is 1. The normalized spacial score (nSPS) is 15.9. The molecule has 1 amide bonds. The van der Waals surface area contributed by atoms with Gasteiger partial charge < -0.3 is 4.74 Å². The Labute approximate surface area is 189 Å². The summed E-state index contributed by atoms with van der Waals surface area (Å²) < 4.78 is 32.3. The molecule has 0 aliphatic carbocycles. The van der Waals surface area contributed by atoms with Crippen molar-refractivity contribution in [2.24, 2.45) is 5.10 Å². The fourth-order valence-corrected chi connectivity index (χ4v) is 4.75. The predicted octanol–water partition coefficient (Wildman–Crippen LogP) is 2.13. The Hall–Kier alpha value is -3.01. The molecule has 0 atom stereocenters. The van der Waals surface area contributed by atoms with Crippen LogP contribution in [-0.2, 0) is 14.8 Å².